The van der Waals surface area contributed by atoms with Gasteiger partial charge in [-0.1, -0.05) is 12.7 Å². The van der Waals surface area contributed by atoms with Crippen molar-refractivity contribution in [3.05, 3.63) is 24.8 Å². The quantitative estimate of drug-likeness (QED) is 0.216. The molecule has 0 aromatic carbocycles. The molecule has 0 spiro atoms. The van der Waals surface area contributed by atoms with Crippen molar-refractivity contribution >= 4 is 11.9 Å². The Kier molecular flexibility index (Phi) is 8.12. The maximum absolute atomic E-state index is 12.4. The SMILES string of the molecule is C=CCOCC(=C)C(=O)OCCOC(=O)C(O)(C(F)(F)F)C(F)(F)F. The number of hydrogen-bond donors (Lipinski definition) is 1. The van der Waals surface area contributed by atoms with E-state index < -0.39 is 43.1 Å². The fraction of sp³-hybridized carbons (Fsp3) is 0.538. The van der Waals surface area contributed by atoms with Crippen LogP contribution in [-0.2, 0) is 23.8 Å². The normalized spacial score (nSPS) is 12.4. The van der Waals surface area contributed by atoms with Gasteiger partial charge in [-0.25, -0.2) is 9.59 Å². The Balaban J connectivity index is 4.54. The van der Waals surface area contributed by atoms with E-state index in [1.165, 1.54) is 6.08 Å². The third-order valence-electron chi connectivity index (χ3n) is 2.47. The van der Waals surface area contributed by atoms with Gasteiger partial charge in [0.15, 0.2) is 0 Å². The lowest BCUT2D eigenvalue weighted by molar-refractivity contribution is -0.357. The molecule has 0 aliphatic heterocycles. The lowest BCUT2D eigenvalue weighted by atomic mass is 10.0. The van der Waals surface area contributed by atoms with Crippen molar-refractivity contribution < 1.29 is 55.2 Å². The monoisotopic (exact) mass is 380 g/mol. The van der Waals surface area contributed by atoms with Crippen LogP contribution in [0.1, 0.15) is 0 Å². The molecule has 0 rings (SSSR count). The van der Waals surface area contributed by atoms with Crippen LogP contribution >= 0.6 is 0 Å². The molecule has 0 amide bonds. The molecule has 0 atom stereocenters. The van der Waals surface area contributed by atoms with Gasteiger partial charge in [0.2, 0.25) is 0 Å². The zero-order chi connectivity index (χ0) is 19.9. The predicted molar refractivity (Wildman–Crippen MR) is 69.1 cm³/mol. The minimum Gasteiger partial charge on any atom is -0.459 e. The van der Waals surface area contributed by atoms with Gasteiger partial charge in [0.05, 0.1) is 18.8 Å². The molecule has 0 aromatic heterocycles. The molecular weight excluding hydrogens is 366 g/mol. The molecule has 12 heteroatoms. The van der Waals surface area contributed by atoms with Crippen molar-refractivity contribution in [2.75, 3.05) is 26.4 Å². The molecule has 6 nitrogen and oxygen atoms in total. The van der Waals surface area contributed by atoms with Crippen molar-refractivity contribution in [1.82, 2.24) is 0 Å². The molecule has 0 saturated heterocycles. The van der Waals surface area contributed by atoms with Crippen LogP contribution in [0.3, 0.4) is 0 Å². The van der Waals surface area contributed by atoms with Crippen molar-refractivity contribution in [3.8, 4) is 0 Å². The third kappa shape index (κ3) is 6.05. The summed E-state index contributed by atoms with van der Waals surface area (Å²) in [7, 11) is 0. The molecule has 0 aliphatic rings. The van der Waals surface area contributed by atoms with Crippen LogP contribution in [0, 0.1) is 0 Å². The van der Waals surface area contributed by atoms with E-state index in [4.69, 9.17) is 9.84 Å². The topological polar surface area (TPSA) is 82.1 Å². The van der Waals surface area contributed by atoms with E-state index in [0.29, 0.717) is 0 Å². The van der Waals surface area contributed by atoms with Gasteiger partial charge in [0.1, 0.15) is 13.2 Å². The summed E-state index contributed by atoms with van der Waals surface area (Å²) in [5, 5.41) is 8.70. The van der Waals surface area contributed by atoms with Crippen LogP contribution < -0.4 is 0 Å². The smallest absolute Gasteiger partial charge is 0.437 e. The number of hydrogen-bond acceptors (Lipinski definition) is 6. The average Bonchev–Trinajstić information content (AvgIpc) is 2.47. The van der Waals surface area contributed by atoms with E-state index in [9.17, 15) is 35.9 Å². The van der Waals surface area contributed by atoms with Crippen LogP contribution in [-0.4, -0.2) is 61.4 Å². The molecule has 0 radical (unpaired) electrons. The van der Waals surface area contributed by atoms with Crippen LogP contribution in [0.15, 0.2) is 24.8 Å². The molecule has 0 saturated carbocycles. The lowest BCUT2D eigenvalue weighted by Crippen LogP contribution is -2.63. The van der Waals surface area contributed by atoms with Gasteiger partial charge >= 0.3 is 29.9 Å². The summed E-state index contributed by atoms with van der Waals surface area (Å²) < 4.78 is 87.1. The zero-order valence-electron chi connectivity index (χ0n) is 12.6. The zero-order valence-corrected chi connectivity index (χ0v) is 12.6. The van der Waals surface area contributed by atoms with Gasteiger partial charge in [-0.2, -0.15) is 26.3 Å². The molecule has 25 heavy (non-hydrogen) atoms. The molecule has 1 N–H and O–H groups in total. The molecule has 0 bridgehead atoms. The van der Waals surface area contributed by atoms with Crippen molar-refractivity contribution in [2.45, 2.75) is 18.0 Å². The highest BCUT2D eigenvalue weighted by molar-refractivity contribution is 5.88. The van der Waals surface area contributed by atoms with Gasteiger partial charge in [0.25, 0.3) is 0 Å². The highest BCUT2D eigenvalue weighted by Gasteiger charge is 2.76. The largest absolute Gasteiger partial charge is 0.459 e. The van der Waals surface area contributed by atoms with E-state index in [0.717, 1.165) is 0 Å². The summed E-state index contributed by atoms with van der Waals surface area (Å²) in [4.78, 5) is 22.3. The van der Waals surface area contributed by atoms with E-state index in [1.807, 2.05) is 0 Å². The Bertz CT molecular complexity index is 496. The summed E-state index contributed by atoms with van der Waals surface area (Å²) in [6, 6.07) is 0. The first-order valence-corrected chi connectivity index (χ1v) is 6.35. The Morgan fingerprint density at radius 1 is 1.00 bits per heavy atom. The molecular formula is C13H14F6O6. The minimum absolute atomic E-state index is 0.0946. The average molecular weight is 380 g/mol. The highest BCUT2D eigenvalue weighted by Crippen LogP contribution is 2.43. The molecule has 0 aliphatic carbocycles. The Morgan fingerprint density at radius 3 is 1.92 bits per heavy atom. The molecule has 0 fully saturated rings. The maximum atomic E-state index is 12.4. The second kappa shape index (κ2) is 8.85. The van der Waals surface area contributed by atoms with Crippen LogP contribution in [0.2, 0.25) is 0 Å². The highest BCUT2D eigenvalue weighted by atomic mass is 19.4. The summed E-state index contributed by atoms with van der Waals surface area (Å²) in [6.07, 6.45) is -11.3. The lowest BCUT2D eigenvalue weighted by Gasteiger charge is -2.29. The second-order valence-corrected chi connectivity index (χ2v) is 4.39. The Morgan fingerprint density at radius 2 is 1.48 bits per heavy atom. The second-order valence-electron chi connectivity index (χ2n) is 4.39. The summed E-state index contributed by atoms with van der Waals surface area (Å²) in [6.45, 7) is 4.42. The van der Waals surface area contributed by atoms with Crippen molar-refractivity contribution in [1.29, 1.82) is 0 Å². The minimum atomic E-state index is -6.35. The molecule has 0 unspecified atom stereocenters. The number of ether oxygens (including phenoxy) is 3. The first kappa shape index (κ1) is 22.9. The number of rotatable bonds is 9. The fourth-order valence-corrected chi connectivity index (χ4v) is 1.19. The number of alkyl halides is 6. The van der Waals surface area contributed by atoms with E-state index >= 15 is 0 Å². The number of carbonyl (C=O) groups is 2. The summed E-state index contributed by atoms with van der Waals surface area (Å²) in [5.41, 5.74) is -5.89. The molecule has 0 aromatic rings. The predicted octanol–water partition coefficient (Wildman–Crippen LogP) is 1.69. The van der Waals surface area contributed by atoms with Gasteiger partial charge in [0, 0.05) is 0 Å². The first-order valence-electron chi connectivity index (χ1n) is 6.35. The number of aliphatic hydroxyl groups is 1. The standard InChI is InChI=1S/C13H14F6O6/c1-3-4-23-7-8(2)9(20)24-5-6-25-10(21)11(22,12(14,15)16)13(17,18)19/h3,22H,1-2,4-7H2. The van der Waals surface area contributed by atoms with Gasteiger partial charge in [-0.3, -0.25) is 0 Å². The first-order chi connectivity index (χ1) is 11.3. The number of halogens is 6. The van der Waals surface area contributed by atoms with Gasteiger partial charge in [-0.05, 0) is 0 Å². The number of esters is 2. The van der Waals surface area contributed by atoms with Gasteiger partial charge in [-0.15, -0.1) is 6.58 Å². The summed E-state index contributed by atoms with van der Waals surface area (Å²) >= 11 is 0. The van der Waals surface area contributed by atoms with Crippen LogP contribution in [0.4, 0.5) is 26.3 Å². The van der Waals surface area contributed by atoms with Gasteiger partial charge < -0.3 is 19.3 Å². The maximum Gasteiger partial charge on any atom is 0.437 e. The van der Waals surface area contributed by atoms with E-state index in [1.54, 1.807) is 0 Å². The third-order valence-corrected chi connectivity index (χ3v) is 2.47. The van der Waals surface area contributed by atoms with Crippen LogP contribution in [0.25, 0.3) is 0 Å². The summed E-state index contributed by atoms with van der Waals surface area (Å²) in [5.74, 6) is -4.06. The van der Waals surface area contributed by atoms with E-state index in [-0.39, 0.29) is 18.8 Å². The fourth-order valence-electron chi connectivity index (χ4n) is 1.19. The van der Waals surface area contributed by atoms with Crippen molar-refractivity contribution in [2.24, 2.45) is 0 Å². The van der Waals surface area contributed by atoms with Crippen molar-refractivity contribution in [3.63, 3.8) is 0 Å². The number of carbonyl (C=O) groups excluding carboxylic acids is 2. The van der Waals surface area contributed by atoms with E-state index in [2.05, 4.69) is 22.6 Å². The Labute approximate surface area is 137 Å². The van der Waals surface area contributed by atoms with Crippen LogP contribution in [0.5, 0.6) is 0 Å². The Hall–Kier alpha value is -2.08. The molecule has 144 valence electrons. The molecule has 0 heterocycles.